The van der Waals surface area contributed by atoms with Gasteiger partial charge in [0.2, 0.25) is 0 Å². The van der Waals surface area contributed by atoms with E-state index < -0.39 is 5.60 Å². The zero-order valence-corrected chi connectivity index (χ0v) is 15.5. The Morgan fingerprint density at radius 1 is 1.17 bits per heavy atom. The average molecular weight is 328 g/mol. The highest BCUT2D eigenvalue weighted by molar-refractivity contribution is 5.91. The molecule has 0 spiro atoms. The molecule has 0 radical (unpaired) electrons. The van der Waals surface area contributed by atoms with Crippen molar-refractivity contribution < 1.29 is 9.90 Å². The first-order valence-electron chi connectivity index (χ1n) is 9.82. The third kappa shape index (κ3) is 1.95. The molecule has 24 heavy (non-hydrogen) atoms. The van der Waals surface area contributed by atoms with Gasteiger partial charge in [0.1, 0.15) is 0 Å². The molecule has 2 nitrogen and oxygen atoms in total. The van der Waals surface area contributed by atoms with Crippen molar-refractivity contribution in [1.82, 2.24) is 0 Å². The molecule has 0 aromatic heterocycles. The van der Waals surface area contributed by atoms with Crippen LogP contribution in [-0.4, -0.2) is 16.5 Å². The third-order valence-electron chi connectivity index (χ3n) is 8.93. The molecule has 7 atom stereocenters. The highest BCUT2D eigenvalue weighted by Gasteiger charge is 2.63. The summed E-state index contributed by atoms with van der Waals surface area (Å²) in [4.78, 5) is 12.0. The van der Waals surface area contributed by atoms with E-state index >= 15 is 0 Å². The minimum Gasteiger partial charge on any atom is -0.390 e. The van der Waals surface area contributed by atoms with Crippen molar-refractivity contribution in [2.45, 2.75) is 71.3 Å². The first kappa shape index (κ1) is 16.6. The number of allylic oxidation sites excluding steroid dienone is 2. The van der Waals surface area contributed by atoms with Gasteiger partial charge in [0.25, 0.3) is 0 Å². The minimum absolute atomic E-state index is 0.0392. The number of carbonyl (C=O) groups is 1. The van der Waals surface area contributed by atoms with Crippen LogP contribution in [0.25, 0.3) is 0 Å². The molecule has 0 aliphatic heterocycles. The maximum absolute atomic E-state index is 12.0. The molecular formula is C22H32O2. The van der Waals surface area contributed by atoms with Crippen LogP contribution in [0.5, 0.6) is 0 Å². The molecule has 0 amide bonds. The predicted octanol–water partition coefficient (Wildman–Crippen LogP) is 4.68. The zero-order valence-electron chi connectivity index (χ0n) is 15.5. The Labute approximate surface area is 146 Å². The number of carbonyl (C=O) groups excluding carboxylic acids is 1. The Balaban J connectivity index is 1.78. The number of rotatable bonds is 1. The lowest BCUT2D eigenvalue weighted by Crippen LogP contribution is -2.56. The van der Waals surface area contributed by atoms with Gasteiger partial charge in [-0.25, -0.2) is 0 Å². The molecular weight excluding hydrogens is 296 g/mol. The SMILES string of the molecule is C=C[C@@H]1CC2=CC(=O)CC[C@]2(C)[C@H]2CC[C@@]3(C)[C@@H](CC[C@]3(C)O)[C@H]12. The van der Waals surface area contributed by atoms with E-state index in [9.17, 15) is 9.90 Å². The van der Waals surface area contributed by atoms with Crippen molar-refractivity contribution in [2.75, 3.05) is 0 Å². The molecule has 4 aliphatic carbocycles. The second-order valence-electron chi connectivity index (χ2n) is 9.72. The Kier molecular flexibility index (Phi) is 3.50. The lowest BCUT2D eigenvalue weighted by molar-refractivity contribution is -0.130. The molecule has 0 aromatic rings. The molecule has 0 saturated heterocycles. The van der Waals surface area contributed by atoms with Crippen molar-refractivity contribution in [2.24, 2.45) is 34.5 Å². The van der Waals surface area contributed by atoms with Crippen LogP contribution >= 0.6 is 0 Å². The second kappa shape index (κ2) is 5.06. The largest absolute Gasteiger partial charge is 0.390 e. The van der Waals surface area contributed by atoms with Crippen LogP contribution in [0.3, 0.4) is 0 Å². The van der Waals surface area contributed by atoms with Gasteiger partial charge < -0.3 is 5.11 Å². The van der Waals surface area contributed by atoms with Crippen molar-refractivity contribution in [1.29, 1.82) is 0 Å². The van der Waals surface area contributed by atoms with Gasteiger partial charge in [0.05, 0.1) is 5.60 Å². The number of fused-ring (bicyclic) bond motifs is 5. The summed E-state index contributed by atoms with van der Waals surface area (Å²) in [6.45, 7) is 11.0. The van der Waals surface area contributed by atoms with Gasteiger partial charge in [0.15, 0.2) is 5.78 Å². The van der Waals surface area contributed by atoms with E-state index in [0.29, 0.717) is 35.9 Å². The molecule has 4 aliphatic rings. The monoisotopic (exact) mass is 328 g/mol. The fourth-order valence-electron chi connectivity index (χ4n) is 7.10. The molecule has 0 aromatic carbocycles. The van der Waals surface area contributed by atoms with Crippen molar-refractivity contribution >= 4 is 5.78 Å². The van der Waals surface area contributed by atoms with Crippen molar-refractivity contribution in [3.8, 4) is 0 Å². The number of aliphatic hydroxyl groups is 1. The first-order valence-corrected chi connectivity index (χ1v) is 9.82. The normalized spacial score (nSPS) is 53.7. The Hall–Kier alpha value is -0.890. The highest BCUT2D eigenvalue weighted by Crippen LogP contribution is 2.68. The van der Waals surface area contributed by atoms with E-state index in [0.717, 1.165) is 32.1 Å². The second-order valence-corrected chi connectivity index (χ2v) is 9.72. The van der Waals surface area contributed by atoms with Gasteiger partial charge in [-0.3, -0.25) is 4.79 Å². The van der Waals surface area contributed by atoms with Gasteiger partial charge in [-0.05, 0) is 86.0 Å². The summed E-state index contributed by atoms with van der Waals surface area (Å²) >= 11 is 0. The summed E-state index contributed by atoms with van der Waals surface area (Å²) in [7, 11) is 0. The van der Waals surface area contributed by atoms with E-state index in [1.807, 2.05) is 6.08 Å². The lowest BCUT2D eigenvalue weighted by Gasteiger charge is -2.60. The smallest absolute Gasteiger partial charge is 0.155 e. The van der Waals surface area contributed by atoms with Crippen LogP contribution in [0.2, 0.25) is 0 Å². The predicted molar refractivity (Wildman–Crippen MR) is 96.4 cm³/mol. The Bertz CT molecular complexity index is 615. The molecule has 3 saturated carbocycles. The summed E-state index contributed by atoms with van der Waals surface area (Å²) in [6, 6.07) is 0. The van der Waals surface area contributed by atoms with Gasteiger partial charge in [-0.2, -0.15) is 0 Å². The Morgan fingerprint density at radius 2 is 1.88 bits per heavy atom. The van der Waals surface area contributed by atoms with E-state index in [-0.39, 0.29) is 10.8 Å². The third-order valence-corrected chi connectivity index (χ3v) is 8.93. The van der Waals surface area contributed by atoms with E-state index in [1.54, 1.807) is 0 Å². The summed E-state index contributed by atoms with van der Waals surface area (Å²) in [5.41, 5.74) is 1.08. The molecule has 2 heteroatoms. The fraction of sp³-hybridized carbons (Fsp3) is 0.773. The topological polar surface area (TPSA) is 37.3 Å². The average Bonchev–Trinajstić information content (AvgIpc) is 2.78. The van der Waals surface area contributed by atoms with Gasteiger partial charge >= 0.3 is 0 Å². The maximum Gasteiger partial charge on any atom is 0.155 e. The minimum atomic E-state index is -0.534. The highest BCUT2D eigenvalue weighted by atomic mass is 16.3. The number of ketones is 1. The molecule has 132 valence electrons. The number of hydrogen-bond donors (Lipinski definition) is 1. The van der Waals surface area contributed by atoms with E-state index in [1.165, 1.54) is 12.0 Å². The van der Waals surface area contributed by atoms with Crippen LogP contribution in [0.4, 0.5) is 0 Å². The maximum atomic E-state index is 12.0. The summed E-state index contributed by atoms with van der Waals surface area (Å²) in [5, 5.41) is 11.0. The van der Waals surface area contributed by atoms with Gasteiger partial charge in [-0.15, -0.1) is 6.58 Å². The number of hydrogen-bond acceptors (Lipinski definition) is 2. The fourth-order valence-corrected chi connectivity index (χ4v) is 7.10. The summed E-state index contributed by atoms with van der Waals surface area (Å²) < 4.78 is 0. The van der Waals surface area contributed by atoms with Crippen LogP contribution in [0, 0.1) is 34.5 Å². The molecule has 0 unspecified atom stereocenters. The van der Waals surface area contributed by atoms with Crippen molar-refractivity contribution in [3.05, 3.63) is 24.3 Å². The first-order chi connectivity index (χ1) is 11.2. The van der Waals surface area contributed by atoms with E-state index in [4.69, 9.17) is 0 Å². The van der Waals surface area contributed by atoms with Crippen LogP contribution in [0.1, 0.15) is 65.7 Å². The quantitative estimate of drug-likeness (QED) is 0.710. The van der Waals surface area contributed by atoms with Crippen LogP contribution < -0.4 is 0 Å². The molecule has 0 bridgehead atoms. The standard InChI is InChI=1S/C22H32O2/c1-5-14-12-15-13-16(23)6-9-20(15,2)17-7-10-21(3)18(19(14)17)8-11-22(21,4)24/h5,13-14,17-19,24H,1,6-12H2,2-4H3/t14-,17+,18+,19-,20+,21+,22+/m1/s1. The zero-order chi connectivity index (χ0) is 17.3. The molecule has 1 N–H and O–H groups in total. The van der Waals surface area contributed by atoms with Crippen molar-refractivity contribution in [3.63, 3.8) is 0 Å². The van der Waals surface area contributed by atoms with Gasteiger partial charge in [-0.1, -0.05) is 25.5 Å². The van der Waals surface area contributed by atoms with Crippen LogP contribution in [-0.2, 0) is 4.79 Å². The molecule has 3 fully saturated rings. The molecule has 4 rings (SSSR count). The summed E-state index contributed by atoms with van der Waals surface area (Å²) in [6.07, 6.45) is 11.2. The van der Waals surface area contributed by atoms with Gasteiger partial charge in [0, 0.05) is 6.42 Å². The van der Waals surface area contributed by atoms with Crippen LogP contribution in [0.15, 0.2) is 24.3 Å². The molecule has 0 heterocycles. The Morgan fingerprint density at radius 3 is 2.58 bits per heavy atom. The lowest BCUT2D eigenvalue weighted by atomic mass is 9.44. The summed E-state index contributed by atoms with van der Waals surface area (Å²) in [5.74, 6) is 2.61. The van der Waals surface area contributed by atoms with E-state index in [2.05, 4.69) is 33.4 Å².